The Morgan fingerprint density at radius 3 is 2.50 bits per heavy atom. The molecule has 0 N–H and O–H groups in total. The van der Waals surface area contributed by atoms with Crippen molar-refractivity contribution in [3.63, 3.8) is 0 Å². The lowest BCUT2D eigenvalue weighted by atomic mass is 10.1. The minimum atomic E-state index is -0.198. The van der Waals surface area contributed by atoms with Crippen molar-refractivity contribution in [2.45, 2.75) is 65.7 Å². The lowest BCUT2D eigenvalue weighted by Gasteiger charge is -2.04. The summed E-state index contributed by atoms with van der Waals surface area (Å²) < 4.78 is 0. The van der Waals surface area contributed by atoms with E-state index >= 15 is 0 Å². The maximum Gasteiger partial charge on any atom is 0.334 e. The minimum absolute atomic E-state index is 0.198. The summed E-state index contributed by atoms with van der Waals surface area (Å²) in [6, 6.07) is 1.89. The van der Waals surface area contributed by atoms with Gasteiger partial charge < -0.3 is 4.84 Å². The van der Waals surface area contributed by atoms with Gasteiger partial charge in [0.25, 0.3) is 0 Å². The normalized spacial score (nSPS) is 10.6. The van der Waals surface area contributed by atoms with E-state index in [0.29, 0.717) is 6.42 Å². The van der Waals surface area contributed by atoms with Gasteiger partial charge in [-0.05, 0) is 26.3 Å². The number of aryl methyl sites for hydroxylation is 2. The van der Waals surface area contributed by atoms with E-state index in [9.17, 15) is 4.79 Å². The Bertz CT molecular complexity index is 372. The lowest BCUT2D eigenvalue weighted by molar-refractivity contribution is -0.146. The first-order valence-corrected chi connectivity index (χ1v) is 6.88. The molecule has 1 aromatic heterocycles. The highest BCUT2D eigenvalue weighted by atomic mass is 16.7. The first kappa shape index (κ1) is 14.7. The van der Waals surface area contributed by atoms with Crippen LogP contribution in [0.4, 0.5) is 0 Å². The van der Waals surface area contributed by atoms with Gasteiger partial charge in [-0.2, -0.15) is 0 Å². The molecule has 4 nitrogen and oxygen atoms in total. The summed E-state index contributed by atoms with van der Waals surface area (Å²) in [5.41, 5.74) is 1.71. The van der Waals surface area contributed by atoms with Crippen molar-refractivity contribution in [2.75, 3.05) is 0 Å². The third kappa shape index (κ3) is 5.34. The number of unbranched alkanes of at least 4 members (excludes halogenated alkanes) is 5. The smallest absolute Gasteiger partial charge is 0.319 e. The number of carbonyl (C=O) groups is 1. The molecule has 0 aliphatic heterocycles. The molecule has 1 heterocycles. The highest BCUT2D eigenvalue weighted by Gasteiger charge is 2.07. The molecule has 0 amide bonds. The number of hydrogen-bond acceptors (Lipinski definition) is 3. The third-order valence-corrected chi connectivity index (χ3v) is 2.89. The molecule has 0 aromatic carbocycles. The predicted molar refractivity (Wildman–Crippen MR) is 71.3 cm³/mol. The summed E-state index contributed by atoms with van der Waals surface area (Å²) in [6.45, 7) is 5.95. The second kappa shape index (κ2) is 7.90. The van der Waals surface area contributed by atoms with Gasteiger partial charge >= 0.3 is 5.97 Å². The number of nitrogens with zero attached hydrogens (tertiary/aromatic N) is 2. The van der Waals surface area contributed by atoms with Crippen molar-refractivity contribution in [3.8, 4) is 0 Å². The standard InChI is InChI=1S/C14H24N2O2/c1-4-5-6-7-8-9-10-14(17)18-16-13(3)11-12(2)15-16/h11H,4-10H2,1-3H3. The molecule has 0 aliphatic carbocycles. The molecule has 0 fully saturated rings. The first-order valence-electron chi connectivity index (χ1n) is 6.88. The molecule has 0 spiro atoms. The Hall–Kier alpha value is -1.32. The molecule has 1 rings (SSSR count). The van der Waals surface area contributed by atoms with E-state index in [-0.39, 0.29) is 5.97 Å². The van der Waals surface area contributed by atoms with Crippen LogP contribution in [-0.2, 0) is 4.79 Å². The van der Waals surface area contributed by atoms with Gasteiger partial charge in [0, 0.05) is 6.42 Å². The van der Waals surface area contributed by atoms with Crippen LogP contribution in [0.15, 0.2) is 6.07 Å². The van der Waals surface area contributed by atoms with E-state index in [1.807, 2.05) is 19.9 Å². The van der Waals surface area contributed by atoms with Crippen molar-refractivity contribution in [1.82, 2.24) is 9.94 Å². The molecule has 0 unspecified atom stereocenters. The van der Waals surface area contributed by atoms with Crippen LogP contribution in [0, 0.1) is 13.8 Å². The second-order valence-electron chi connectivity index (χ2n) is 4.78. The van der Waals surface area contributed by atoms with Crippen LogP contribution >= 0.6 is 0 Å². The number of rotatable bonds is 8. The molecule has 18 heavy (non-hydrogen) atoms. The summed E-state index contributed by atoms with van der Waals surface area (Å²) >= 11 is 0. The Kier molecular flexibility index (Phi) is 6.47. The minimum Gasteiger partial charge on any atom is -0.319 e. The summed E-state index contributed by atoms with van der Waals surface area (Å²) in [5, 5.41) is 4.09. The zero-order valence-corrected chi connectivity index (χ0v) is 11.7. The van der Waals surface area contributed by atoms with Gasteiger partial charge in [-0.25, -0.2) is 4.79 Å². The summed E-state index contributed by atoms with van der Waals surface area (Å²) in [4.78, 5) is 18.1. The molecule has 0 saturated carbocycles. The summed E-state index contributed by atoms with van der Waals surface area (Å²) in [7, 11) is 0. The van der Waals surface area contributed by atoms with Crippen LogP contribution < -0.4 is 4.84 Å². The lowest BCUT2D eigenvalue weighted by Crippen LogP contribution is -2.21. The zero-order chi connectivity index (χ0) is 13.4. The fourth-order valence-electron chi connectivity index (χ4n) is 1.89. The van der Waals surface area contributed by atoms with Crippen molar-refractivity contribution in [2.24, 2.45) is 0 Å². The topological polar surface area (TPSA) is 44.1 Å². The number of hydrogen-bond donors (Lipinski definition) is 0. The van der Waals surface area contributed by atoms with E-state index in [1.54, 1.807) is 0 Å². The van der Waals surface area contributed by atoms with Crippen molar-refractivity contribution in [3.05, 3.63) is 17.5 Å². The molecule has 0 atom stereocenters. The predicted octanol–water partition coefficient (Wildman–Crippen LogP) is 3.21. The van der Waals surface area contributed by atoms with E-state index in [2.05, 4.69) is 12.0 Å². The Morgan fingerprint density at radius 1 is 1.22 bits per heavy atom. The van der Waals surface area contributed by atoms with Crippen molar-refractivity contribution >= 4 is 5.97 Å². The molecule has 4 heteroatoms. The maximum absolute atomic E-state index is 11.6. The summed E-state index contributed by atoms with van der Waals surface area (Å²) in [6.07, 6.45) is 7.50. The van der Waals surface area contributed by atoms with Crippen molar-refractivity contribution < 1.29 is 9.63 Å². The van der Waals surface area contributed by atoms with Gasteiger partial charge in [0.2, 0.25) is 0 Å². The first-order chi connectivity index (χ1) is 8.63. The van der Waals surface area contributed by atoms with Crippen LogP contribution in [0.2, 0.25) is 0 Å². The van der Waals surface area contributed by atoms with Gasteiger partial charge in [-0.15, -0.1) is 5.10 Å². The number of aromatic nitrogens is 2. The monoisotopic (exact) mass is 252 g/mol. The Morgan fingerprint density at radius 2 is 1.89 bits per heavy atom. The van der Waals surface area contributed by atoms with Crippen LogP contribution in [-0.4, -0.2) is 15.9 Å². The fraction of sp³-hybridized carbons (Fsp3) is 0.714. The van der Waals surface area contributed by atoms with E-state index in [0.717, 1.165) is 24.2 Å². The molecule has 0 bridgehead atoms. The average molecular weight is 252 g/mol. The van der Waals surface area contributed by atoms with Crippen LogP contribution in [0.1, 0.15) is 63.3 Å². The fourth-order valence-corrected chi connectivity index (χ4v) is 1.89. The van der Waals surface area contributed by atoms with E-state index in [4.69, 9.17) is 4.84 Å². The van der Waals surface area contributed by atoms with Crippen molar-refractivity contribution in [1.29, 1.82) is 0 Å². The van der Waals surface area contributed by atoms with Gasteiger partial charge in [-0.1, -0.05) is 43.9 Å². The molecule has 1 aromatic rings. The van der Waals surface area contributed by atoms with Gasteiger partial charge in [0.1, 0.15) is 0 Å². The van der Waals surface area contributed by atoms with Gasteiger partial charge in [0.15, 0.2) is 0 Å². The SMILES string of the molecule is CCCCCCCCC(=O)On1nc(C)cc1C. The average Bonchev–Trinajstić information content (AvgIpc) is 2.62. The van der Waals surface area contributed by atoms with E-state index < -0.39 is 0 Å². The van der Waals surface area contributed by atoms with Gasteiger partial charge in [0.05, 0.1) is 11.4 Å². The highest BCUT2D eigenvalue weighted by molar-refractivity contribution is 5.69. The molecular weight excluding hydrogens is 228 g/mol. The molecule has 0 saturated heterocycles. The largest absolute Gasteiger partial charge is 0.334 e. The quantitative estimate of drug-likeness (QED) is 0.667. The zero-order valence-electron chi connectivity index (χ0n) is 11.7. The molecule has 0 aliphatic rings. The maximum atomic E-state index is 11.6. The van der Waals surface area contributed by atoms with E-state index in [1.165, 1.54) is 30.5 Å². The summed E-state index contributed by atoms with van der Waals surface area (Å²) in [5.74, 6) is -0.198. The van der Waals surface area contributed by atoms with Crippen LogP contribution in [0.3, 0.4) is 0 Å². The highest BCUT2D eigenvalue weighted by Crippen LogP contribution is 2.07. The molecule has 0 radical (unpaired) electrons. The Labute approximate surface area is 109 Å². The van der Waals surface area contributed by atoms with Crippen LogP contribution in [0.25, 0.3) is 0 Å². The van der Waals surface area contributed by atoms with Crippen LogP contribution in [0.5, 0.6) is 0 Å². The molecular formula is C14H24N2O2. The number of carbonyl (C=O) groups excluding carboxylic acids is 1. The third-order valence-electron chi connectivity index (χ3n) is 2.89. The second-order valence-corrected chi connectivity index (χ2v) is 4.78. The molecule has 102 valence electrons. The Balaban J connectivity index is 2.16. The van der Waals surface area contributed by atoms with Gasteiger partial charge in [-0.3, -0.25) is 0 Å².